The van der Waals surface area contributed by atoms with Crippen molar-refractivity contribution in [3.05, 3.63) is 17.0 Å². The second-order valence-electron chi connectivity index (χ2n) is 5.91. The van der Waals surface area contributed by atoms with E-state index in [1.165, 1.54) is 6.07 Å². The lowest BCUT2D eigenvalue weighted by molar-refractivity contribution is -0.136. The molecule has 1 aliphatic carbocycles. The maximum Gasteiger partial charge on any atom is 0.308 e. The van der Waals surface area contributed by atoms with Crippen LogP contribution < -0.4 is 4.72 Å². The summed E-state index contributed by atoms with van der Waals surface area (Å²) in [7, 11) is -3.55. The van der Waals surface area contributed by atoms with E-state index in [0.717, 1.165) is 30.6 Å². The molecule has 3 unspecified atom stereocenters. The van der Waals surface area contributed by atoms with E-state index in [9.17, 15) is 13.2 Å². The van der Waals surface area contributed by atoms with Crippen molar-refractivity contribution in [1.29, 1.82) is 0 Å². The first-order valence-corrected chi connectivity index (χ1v) is 9.40. The van der Waals surface area contributed by atoms with Crippen molar-refractivity contribution < 1.29 is 18.3 Å². The van der Waals surface area contributed by atoms with Gasteiger partial charge in [0.05, 0.1) is 6.42 Å². The predicted molar refractivity (Wildman–Crippen MR) is 81.9 cm³/mol. The lowest BCUT2D eigenvalue weighted by Gasteiger charge is -2.32. The van der Waals surface area contributed by atoms with Gasteiger partial charge in [-0.15, -0.1) is 11.3 Å². The topological polar surface area (TPSA) is 83.5 Å². The van der Waals surface area contributed by atoms with E-state index < -0.39 is 16.0 Å². The molecule has 0 aromatic carbocycles. The van der Waals surface area contributed by atoms with Gasteiger partial charge in [-0.1, -0.05) is 13.8 Å². The summed E-state index contributed by atoms with van der Waals surface area (Å²) in [5.41, 5.74) is 0. The summed E-state index contributed by atoms with van der Waals surface area (Å²) in [6.45, 7) is 4.27. The van der Waals surface area contributed by atoms with Crippen LogP contribution in [0.1, 0.15) is 38.0 Å². The SMILES string of the molecule is CC1CCC(NS(=O)(=O)c2ccc(CC(=O)O)s2)C(C)C1. The highest BCUT2D eigenvalue weighted by atomic mass is 32.2. The zero-order valence-corrected chi connectivity index (χ0v) is 13.8. The molecule has 7 heteroatoms. The van der Waals surface area contributed by atoms with Crippen molar-refractivity contribution in [2.75, 3.05) is 0 Å². The van der Waals surface area contributed by atoms with E-state index in [-0.39, 0.29) is 16.7 Å². The Morgan fingerprint density at radius 3 is 2.71 bits per heavy atom. The Kier molecular flexibility index (Phi) is 5.06. The van der Waals surface area contributed by atoms with Crippen LogP contribution in [-0.2, 0) is 21.2 Å². The fourth-order valence-corrected chi connectivity index (χ4v) is 5.59. The minimum atomic E-state index is -3.55. The van der Waals surface area contributed by atoms with Crippen molar-refractivity contribution in [1.82, 2.24) is 4.72 Å². The fraction of sp³-hybridized carbons (Fsp3) is 0.643. The minimum absolute atomic E-state index is 0.0313. The van der Waals surface area contributed by atoms with Crippen LogP contribution in [0, 0.1) is 11.8 Å². The zero-order valence-electron chi connectivity index (χ0n) is 12.2. The lowest BCUT2D eigenvalue weighted by atomic mass is 9.80. The molecule has 1 heterocycles. The van der Waals surface area contributed by atoms with E-state index in [1.807, 2.05) is 0 Å². The maximum absolute atomic E-state index is 12.4. The number of aliphatic carboxylic acids is 1. The standard InChI is InChI=1S/C14H21NO4S2/c1-9-3-5-12(10(2)7-9)15-21(18,19)14-6-4-11(20-14)8-13(16)17/h4,6,9-10,12,15H,3,5,7-8H2,1-2H3,(H,16,17). The number of carboxylic acid groups (broad SMARTS) is 1. The summed E-state index contributed by atoms with van der Waals surface area (Å²) < 4.78 is 27.7. The smallest absolute Gasteiger partial charge is 0.308 e. The van der Waals surface area contributed by atoms with Crippen molar-refractivity contribution in [3.63, 3.8) is 0 Å². The van der Waals surface area contributed by atoms with Crippen molar-refractivity contribution in [2.24, 2.45) is 11.8 Å². The lowest BCUT2D eigenvalue weighted by Crippen LogP contribution is -2.42. The Morgan fingerprint density at radius 1 is 1.38 bits per heavy atom. The second kappa shape index (κ2) is 6.46. The van der Waals surface area contributed by atoms with Crippen LogP contribution in [0.2, 0.25) is 0 Å². The van der Waals surface area contributed by atoms with Gasteiger partial charge in [-0.05, 0) is 43.2 Å². The Bertz CT molecular complexity index is 608. The van der Waals surface area contributed by atoms with Crippen LogP contribution >= 0.6 is 11.3 Å². The first kappa shape index (κ1) is 16.5. The Labute approximate surface area is 129 Å². The number of nitrogens with one attached hydrogen (secondary N) is 1. The maximum atomic E-state index is 12.4. The molecule has 0 amide bonds. The number of carbonyl (C=O) groups is 1. The quantitative estimate of drug-likeness (QED) is 0.868. The van der Waals surface area contributed by atoms with Gasteiger partial charge in [0.2, 0.25) is 10.0 Å². The molecule has 1 aliphatic rings. The molecule has 1 aromatic heterocycles. The highest BCUT2D eigenvalue weighted by Crippen LogP contribution is 2.30. The summed E-state index contributed by atoms with van der Waals surface area (Å²) in [4.78, 5) is 11.2. The Morgan fingerprint density at radius 2 is 2.10 bits per heavy atom. The molecule has 5 nitrogen and oxygen atoms in total. The van der Waals surface area contributed by atoms with Gasteiger partial charge < -0.3 is 5.11 Å². The molecule has 2 N–H and O–H groups in total. The molecule has 1 fully saturated rings. The average Bonchev–Trinajstić information content (AvgIpc) is 2.81. The van der Waals surface area contributed by atoms with Gasteiger partial charge in [0.25, 0.3) is 0 Å². The summed E-state index contributed by atoms with van der Waals surface area (Å²) in [6, 6.07) is 3.03. The molecule has 0 bridgehead atoms. The van der Waals surface area contributed by atoms with Crippen molar-refractivity contribution in [3.8, 4) is 0 Å². The highest BCUT2D eigenvalue weighted by molar-refractivity contribution is 7.91. The molecular weight excluding hydrogens is 310 g/mol. The van der Waals surface area contributed by atoms with Gasteiger partial charge in [0.1, 0.15) is 4.21 Å². The molecule has 0 spiro atoms. The van der Waals surface area contributed by atoms with Gasteiger partial charge in [-0.2, -0.15) is 0 Å². The summed E-state index contributed by atoms with van der Waals surface area (Å²) >= 11 is 1.03. The molecule has 0 aliphatic heterocycles. The van der Waals surface area contributed by atoms with E-state index in [4.69, 9.17) is 5.11 Å². The van der Waals surface area contributed by atoms with Crippen LogP contribution in [0.4, 0.5) is 0 Å². The van der Waals surface area contributed by atoms with Crippen LogP contribution in [0.3, 0.4) is 0 Å². The molecule has 2 rings (SSSR count). The second-order valence-corrected chi connectivity index (χ2v) is 9.02. The van der Waals surface area contributed by atoms with E-state index >= 15 is 0 Å². The third-order valence-corrected chi connectivity index (χ3v) is 7.03. The predicted octanol–water partition coefficient (Wildman–Crippen LogP) is 2.48. The van der Waals surface area contributed by atoms with Gasteiger partial charge >= 0.3 is 5.97 Å². The summed E-state index contributed by atoms with van der Waals surface area (Å²) in [5, 5.41) is 8.74. The fourth-order valence-electron chi connectivity index (χ4n) is 2.84. The van der Waals surface area contributed by atoms with Crippen molar-refractivity contribution in [2.45, 2.75) is 49.8 Å². The molecule has 0 radical (unpaired) electrons. The molecule has 3 atom stereocenters. The molecule has 21 heavy (non-hydrogen) atoms. The largest absolute Gasteiger partial charge is 0.481 e. The van der Waals surface area contributed by atoms with Crippen LogP contribution in [0.25, 0.3) is 0 Å². The first-order chi connectivity index (χ1) is 9.78. The van der Waals surface area contributed by atoms with Crippen molar-refractivity contribution >= 4 is 27.3 Å². The number of thiophene rings is 1. The molecule has 1 aromatic rings. The number of carboxylic acids is 1. The number of hydrogen-bond acceptors (Lipinski definition) is 4. The third-order valence-electron chi connectivity index (χ3n) is 3.97. The van der Waals surface area contributed by atoms with Crippen LogP contribution in [0.5, 0.6) is 0 Å². The Balaban J connectivity index is 2.07. The van der Waals surface area contributed by atoms with Gasteiger partial charge in [0, 0.05) is 10.9 Å². The average molecular weight is 331 g/mol. The third kappa shape index (κ3) is 4.28. The van der Waals surface area contributed by atoms with Gasteiger partial charge in [-0.25, -0.2) is 13.1 Å². The summed E-state index contributed by atoms with van der Waals surface area (Å²) in [5.74, 6) is 0.00952. The number of sulfonamides is 1. The van der Waals surface area contributed by atoms with Gasteiger partial charge in [0.15, 0.2) is 0 Å². The minimum Gasteiger partial charge on any atom is -0.481 e. The molecule has 1 saturated carbocycles. The van der Waals surface area contributed by atoms with Gasteiger partial charge in [-0.3, -0.25) is 4.79 Å². The monoisotopic (exact) mass is 331 g/mol. The van der Waals surface area contributed by atoms with E-state index in [0.29, 0.717) is 16.7 Å². The van der Waals surface area contributed by atoms with Crippen LogP contribution in [-0.4, -0.2) is 25.5 Å². The highest BCUT2D eigenvalue weighted by Gasteiger charge is 2.30. The number of rotatable bonds is 5. The zero-order chi connectivity index (χ0) is 15.6. The van der Waals surface area contributed by atoms with E-state index in [1.54, 1.807) is 6.07 Å². The normalized spacial score (nSPS) is 26.7. The Hall–Kier alpha value is -0.920. The molecular formula is C14H21NO4S2. The molecule has 0 saturated heterocycles. The first-order valence-electron chi connectivity index (χ1n) is 7.11. The molecule has 118 valence electrons. The number of hydrogen-bond donors (Lipinski definition) is 2. The van der Waals surface area contributed by atoms with Crippen LogP contribution in [0.15, 0.2) is 16.3 Å². The van der Waals surface area contributed by atoms with E-state index in [2.05, 4.69) is 18.6 Å². The summed E-state index contributed by atoms with van der Waals surface area (Å²) in [6.07, 6.45) is 2.78.